The third-order valence-electron chi connectivity index (χ3n) is 5.16. The van der Waals surface area contributed by atoms with Crippen LogP contribution >= 0.6 is 24.0 Å². The quantitative estimate of drug-likeness (QED) is 0.247. The minimum atomic E-state index is 0. The van der Waals surface area contributed by atoms with Gasteiger partial charge in [0.15, 0.2) is 5.96 Å². The molecule has 1 atom stereocenters. The molecule has 1 aromatic carbocycles. The van der Waals surface area contributed by atoms with Gasteiger partial charge >= 0.3 is 0 Å². The molecule has 0 amide bonds. The van der Waals surface area contributed by atoms with Crippen molar-refractivity contribution < 1.29 is 14.2 Å². The number of piperazine rings is 1. The van der Waals surface area contributed by atoms with E-state index in [4.69, 9.17) is 19.2 Å². The largest absolute Gasteiger partial charge is 0.495 e. The monoisotopic (exact) mass is 518 g/mol. The number of nitrogens with zero attached hydrogens (tertiary/aromatic N) is 3. The number of nitrogens with one attached hydrogen (secondary N) is 1. The predicted molar refractivity (Wildman–Crippen MR) is 128 cm³/mol. The van der Waals surface area contributed by atoms with Crippen LogP contribution in [0.1, 0.15) is 19.8 Å². The van der Waals surface area contributed by atoms with E-state index in [9.17, 15) is 0 Å². The zero-order valence-corrected chi connectivity index (χ0v) is 20.0. The van der Waals surface area contributed by atoms with Crippen LogP contribution in [0.4, 0.5) is 5.69 Å². The summed E-state index contributed by atoms with van der Waals surface area (Å²) in [5, 5.41) is 3.41. The first-order chi connectivity index (χ1) is 13.8. The van der Waals surface area contributed by atoms with Crippen molar-refractivity contribution in [1.82, 2.24) is 10.2 Å². The van der Waals surface area contributed by atoms with Crippen LogP contribution in [0.2, 0.25) is 0 Å². The van der Waals surface area contributed by atoms with Crippen LogP contribution in [0.25, 0.3) is 0 Å². The van der Waals surface area contributed by atoms with Crippen molar-refractivity contribution in [2.45, 2.75) is 25.9 Å². The molecule has 29 heavy (non-hydrogen) atoms. The second kappa shape index (κ2) is 13.1. The average molecular weight is 518 g/mol. The van der Waals surface area contributed by atoms with E-state index in [-0.39, 0.29) is 30.1 Å². The Kier molecular flexibility index (Phi) is 10.9. The molecular formula is C21H35IN4O3. The molecule has 3 rings (SSSR count). The number of hydrogen-bond donors (Lipinski definition) is 1. The molecule has 0 bridgehead atoms. The van der Waals surface area contributed by atoms with Crippen molar-refractivity contribution in [3.8, 4) is 5.75 Å². The van der Waals surface area contributed by atoms with E-state index in [1.165, 1.54) is 0 Å². The van der Waals surface area contributed by atoms with E-state index in [1.54, 1.807) is 7.11 Å². The number of guanidine groups is 1. The number of ether oxygens (including phenoxy) is 3. The fourth-order valence-electron chi connectivity index (χ4n) is 3.68. The van der Waals surface area contributed by atoms with E-state index in [0.29, 0.717) is 19.8 Å². The highest BCUT2D eigenvalue weighted by atomic mass is 127. The summed E-state index contributed by atoms with van der Waals surface area (Å²) in [7, 11) is 1.73. The number of aliphatic imine (C=N–C) groups is 1. The van der Waals surface area contributed by atoms with Gasteiger partial charge in [0, 0.05) is 39.3 Å². The average Bonchev–Trinajstić information content (AvgIpc) is 3.26. The summed E-state index contributed by atoms with van der Waals surface area (Å²) in [6, 6.07) is 8.21. The zero-order chi connectivity index (χ0) is 19.6. The van der Waals surface area contributed by atoms with Crippen LogP contribution in [0.5, 0.6) is 5.75 Å². The Morgan fingerprint density at radius 2 is 2.03 bits per heavy atom. The molecular weight excluding hydrogens is 483 g/mol. The summed E-state index contributed by atoms with van der Waals surface area (Å²) in [5.74, 6) is 1.91. The molecule has 0 aliphatic carbocycles. The fraction of sp³-hybridized carbons (Fsp3) is 0.667. The molecule has 8 heteroatoms. The number of para-hydroxylation sites is 2. The molecule has 2 saturated heterocycles. The summed E-state index contributed by atoms with van der Waals surface area (Å²) < 4.78 is 16.8. The number of rotatable bonds is 8. The van der Waals surface area contributed by atoms with Crippen LogP contribution in [-0.4, -0.2) is 83.2 Å². The SMILES string of the molecule is CCNC(=NCCOCC1CCCO1)N1CCN(c2ccccc2OC)CC1.I. The molecule has 1 N–H and O–H groups in total. The van der Waals surface area contributed by atoms with E-state index >= 15 is 0 Å². The maximum absolute atomic E-state index is 5.73. The minimum absolute atomic E-state index is 0. The van der Waals surface area contributed by atoms with Gasteiger partial charge in [-0.2, -0.15) is 0 Å². The fourth-order valence-corrected chi connectivity index (χ4v) is 3.68. The Hall–Kier alpha value is -1.26. The van der Waals surface area contributed by atoms with Gasteiger partial charge in [-0.25, -0.2) is 0 Å². The smallest absolute Gasteiger partial charge is 0.194 e. The van der Waals surface area contributed by atoms with E-state index < -0.39 is 0 Å². The van der Waals surface area contributed by atoms with Gasteiger partial charge < -0.3 is 29.3 Å². The predicted octanol–water partition coefficient (Wildman–Crippen LogP) is 2.60. The first-order valence-electron chi connectivity index (χ1n) is 10.4. The van der Waals surface area contributed by atoms with Gasteiger partial charge in [0.05, 0.1) is 38.7 Å². The molecule has 0 aromatic heterocycles. The van der Waals surface area contributed by atoms with Gasteiger partial charge in [-0.3, -0.25) is 4.99 Å². The Morgan fingerprint density at radius 1 is 1.24 bits per heavy atom. The van der Waals surface area contributed by atoms with Gasteiger partial charge in [0.2, 0.25) is 0 Å². The summed E-state index contributed by atoms with van der Waals surface area (Å²) in [5.41, 5.74) is 1.16. The van der Waals surface area contributed by atoms with Crippen LogP contribution < -0.4 is 15.0 Å². The maximum atomic E-state index is 5.73. The molecule has 2 aliphatic heterocycles. The maximum Gasteiger partial charge on any atom is 0.194 e. The number of methoxy groups -OCH3 is 1. The molecule has 1 unspecified atom stereocenters. The standard InChI is InChI=1S/C21H34N4O3.HI/c1-3-22-21(23-10-16-27-17-18-7-6-15-28-18)25-13-11-24(12-14-25)19-8-4-5-9-20(19)26-2;/h4-5,8-9,18H,3,6-7,10-17H2,1-2H3,(H,22,23);1H. The summed E-state index contributed by atoms with van der Waals surface area (Å²) in [4.78, 5) is 9.46. The van der Waals surface area contributed by atoms with Gasteiger partial charge in [-0.1, -0.05) is 12.1 Å². The molecule has 1 aromatic rings. The lowest BCUT2D eigenvalue weighted by atomic mass is 10.2. The van der Waals surface area contributed by atoms with Gasteiger partial charge in [0.1, 0.15) is 5.75 Å². The highest BCUT2D eigenvalue weighted by Gasteiger charge is 2.21. The van der Waals surface area contributed by atoms with Crippen LogP contribution in [0.3, 0.4) is 0 Å². The van der Waals surface area contributed by atoms with Gasteiger partial charge in [-0.15, -0.1) is 24.0 Å². The number of hydrogen-bond acceptors (Lipinski definition) is 5. The second-order valence-electron chi connectivity index (χ2n) is 7.09. The molecule has 2 heterocycles. The molecule has 0 radical (unpaired) electrons. The van der Waals surface area contributed by atoms with Crippen LogP contribution in [0.15, 0.2) is 29.3 Å². The second-order valence-corrected chi connectivity index (χ2v) is 7.09. The highest BCUT2D eigenvalue weighted by molar-refractivity contribution is 14.0. The minimum Gasteiger partial charge on any atom is -0.495 e. The zero-order valence-electron chi connectivity index (χ0n) is 17.6. The summed E-state index contributed by atoms with van der Waals surface area (Å²) in [6.07, 6.45) is 2.54. The van der Waals surface area contributed by atoms with E-state index in [1.807, 2.05) is 12.1 Å². The lowest BCUT2D eigenvalue weighted by Crippen LogP contribution is -2.52. The van der Waals surface area contributed by atoms with Crippen LogP contribution in [-0.2, 0) is 9.47 Å². The first-order valence-corrected chi connectivity index (χ1v) is 10.4. The summed E-state index contributed by atoms with van der Waals surface area (Å²) in [6.45, 7) is 9.58. The van der Waals surface area contributed by atoms with Crippen molar-refractivity contribution in [2.24, 2.45) is 4.99 Å². The Balaban J connectivity index is 0.00000300. The summed E-state index contributed by atoms with van der Waals surface area (Å²) >= 11 is 0. The molecule has 0 spiro atoms. The lowest BCUT2D eigenvalue weighted by molar-refractivity contribution is 0.0199. The van der Waals surface area contributed by atoms with E-state index in [0.717, 1.165) is 69.6 Å². The van der Waals surface area contributed by atoms with Crippen molar-refractivity contribution >= 4 is 35.6 Å². The molecule has 7 nitrogen and oxygen atoms in total. The Bertz CT molecular complexity index is 618. The van der Waals surface area contributed by atoms with Crippen LogP contribution in [0, 0.1) is 0 Å². The highest BCUT2D eigenvalue weighted by Crippen LogP contribution is 2.28. The third-order valence-corrected chi connectivity index (χ3v) is 5.16. The molecule has 2 fully saturated rings. The number of halogens is 1. The first kappa shape index (κ1) is 24.0. The van der Waals surface area contributed by atoms with Gasteiger partial charge in [0.25, 0.3) is 0 Å². The third kappa shape index (κ3) is 7.18. The normalized spacial score (nSPS) is 19.8. The topological polar surface area (TPSA) is 58.6 Å². The molecule has 164 valence electrons. The lowest BCUT2D eigenvalue weighted by Gasteiger charge is -2.38. The van der Waals surface area contributed by atoms with Crippen molar-refractivity contribution in [3.63, 3.8) is 0 Å². The number of benzene rings is 1. The Morgan fingerprint density at radius 3 is 2.72 bits per heavy atom. The van der Waals surface area contributed by atoms with Gasteiger partial charge in [-0.05, 0) is 31.9 Å². The Labute approximate surface area is 191 Å². The molecule has 0 saturated carbocycles. The van der Waals surface area contributed by atoms with E-state index in [2.05, 4.69) is 34.2 Å². The number of anilines is 1. The molecule has 2 aliphatic rings. The van der Waals surface area contributed by atoms with Crippen molar-refractivity contribution in [2.75, 3.05) is 71.1 Å². The van der Waals surface area contributed by atoms with Crippen molar-refractivity contribution in [3.05, 3.63) is 24.3 Å². The van der Waals surface area contributed by atoms with Crippen molar-refractivity contribution in [1.29, 1.82) is 0 Å².